The quantitative estimate of drug-likeness (QED) is 0.279. The van der Waals surface area contributed by atoms with E-state index in [9.17, 15) is 10.2 Å². The minimum atomic E-state index is -1.33. The lowest BCUT2D eigenvalue weighted by molar-refractivity contribution is -0.111. The van der Waals surface area contributed by atoms with Gasteiger partial charge in [0, 0.05) is 0 Å². The molecule has 2 N–H and O–H groups in total. The first kappa shape index (κ1) is 27.6. The molecule has 6 unspecified atom stereocenters. The highest BCUT2D eigenvalue weighted by Crippen LogP contribution is 2.59. The number of ether oxygens (including phenoxy) is 1. The number of hydrogen-bond acceptors (Lipinski definition) is 3. The Bertz CT molecular complexity index is 706. The molecule has 0 saturated heterocycles. The second kappa shape index (κ2) is 10.0. The molecule has 3 nitrogen and oxygen atoms in total. The number of aliphatic hydroxyl groups excluding tert-OH is 1. The minimum absolute atomic E-state index is 0.203. The fraction of sp³-hybridized carbons (Fsp3) is 0.773. The van der Waals surface area contributed by atoms with Crippen molar-refractivity contribution in [2.24, 2.45) is 0 Å². The summed E-state index contributed by atoms with van der Waals surface area (Å²) in [5.41, 5.74) is -0.436. The largest absolute Gasteiger partial charge is 0.387 e. The van der Waals surface area contributed by atoms with Gasteiger partial charge in [0.25, 0.3) is 0 Å². The van der Waals surface area contributed by atoms with Gasteiger partial charge in [-0.05, 0) is 68.9 Å². The van der Waals surface area contributed by atoms with Gasteiger partial charge in [-0.3, -0.25) is 0 Å². The van der Waals surface area contributed by atoms with E-state index >= 15 is 0 Å². The summed E-state index contributed by atoms with van der Waals surface area (Å²) < 4.78 is 6.43. The first-order chi connectivity index (χ1) is 13.1. The minimum Gasteiger partial charge on any atom is -0.387 e. The van der Waals surface area contributed by atoms with Gasteiger partial charge in [-0.25, -0.2) is 0 Å². The lowest BCUT2D eigenvalue weighted by atomic mass is 9.74. The third-order valence-corrected chi connectivity index (χ3v) is 20.3. The lowest BCUT2D eigenvalue weighted by Gasteiger charge is -2.38. The van der Waals surface area contributed by atoms with Gasteiger partial charge in [-0.15, -0.1) is 32.7 Å². The molecule has 0 aromatic carbocycles. The van der Waals surface area contributed by atoms with E-state index in [1.807, 2.05) is 7.85 Å². The Morgan fingerprint density at radius 3 is 1.97 bits per heavy atom. The fourth-order valence-corrected chi connectivity index (χ4v) is 15.2. The fourth-order valence-electron chi connectivity index (χ4n) is 3.84. The zero-order valence-electron chi connectivity index (χ0n) is 20.0. The van der Waals surface area contributed by atoms with Crippen LogP contribution in [0, 0.1) is 0 Å². The SMILES string of the molecule is BC1C(=C)C(OC(C)(C)[PH](=C)CP(=C)(CC)CCP(=C)(CC)CC)C(O)C1(C)O. The second-order valence-corrected chi connectivity index (χ2v) is 21.7. The van der Waals surface area contributed by atoms with Crippen LogP contribution in [0.15, 0.2) is 12.2 Å². The molecule has 1 fully saturated rings. The first-order valence-corrected chi connectivity index (χ1v) is 17.9. The summed E-state index contributed by atoms with van der Waals surface area (Å²) >= 11 is 0. The number of aliphatic hydroxyl groups is 2. The van der Waals surface area contributed by atoms with Crippen molar-refractivity contribution < 1.29 is 14.9 Å². The highest BCUT2D eigenvalue weighted by atomic mass is 31.2. The van der Waals surface area contributed by atoms with Crippen LogP contribution >= 0.6 is 21.3 Å². The van der Waals surface area contributed by atoms with Crippen molar-refractivity contribution in [3.05, 3.63) is 12.2 Å². The van der Waals surface area contributed by atoms with Gasteiger partial charge < -0.3 is 14.9 Å². The van der Waals surface area contributed by atoms with E-state index in [1.54, 1.807) is 6.92 Å². The molecule has 0 heterocycles. The average molecular weight is 462 g/mol. The molecule has 1 aliphatic carbocycles. The molecule has 0 aromatic heterocycles. The summed E-state index contributed by atoms with van der Waals surface area (Å²) in [6, 6.07) is 0. The molecular weight excluding hydrogens is 416 g/mol. The van der Waals surface area contributed by atoms with E-state index in [0.717, 1.165) is 17.6 Å². The van der Waals surface area contributed by atoms with Gasteiger partial charge in [0.2, 0.25) is 0 Å². The molecular formula is C22H46BO3P3. The monoisotopic (exact) mass is 462 g/mol. The normalized spacial score (nSPS) is 31.6. The van der Waals surface area contributed by atoms with Crippen LogP contribution in [-0.2, 0) is 4.74 Å². The Hall–Kier alpha value is 0.585. The summed E-state index contributed by atoms with van der Waals surface area (Å²) in [7, 11) is 0.771. The first-order valence-electron chi connectivity index (χ1n) is 10.9. The Morgan fingerprint density at radius 2 is 1.59 bits per heavy atom. The molecule has 7 heteroatoms. The molecule has 1 aliphatic rings. The van der Waals surface area contributed by atoms with E-state index in [0.29, 0.717) is 0 Å². The molecule has 0 amide bonds. The third-order valence-electron chi connectivity index (χ3n) is 7.54. The standard InChI is InChI=1S/C22H46BO3P3/c1-11-28(9,12-2)14-15-29(10,13-3)16-27(8)21(5,6)26-18-17(4)19(23)22(7,25)20(18)24/h18-20,24-25,27H,4,8-16,23H2,1-3,5-7H3. The second-order valence-electron chi connectivity index (χ2n) is 9.86. The summed E-state index contributed by atoms with van der Waals surface area (Å²) in [5.74, 6) is 0.863. The third kappa shape index (κ3) is 6.31. The summed E-state index contributed by atoms with van der Waals surface area (Å²) in [5, 5.41) is 20.8. The maximum atomic E-state index is 10.7. The topological polar surface area (TPSA) is 49.7 Å². The highest BCUT2D eigenvalue weighted by Gasteiger charge is 2.52. The molecule has 1 rings (SSSR count). The van der Waals surface area contributed by atoms with Gasteiger partial charge in [0.05, 0.1) is 10.9 Å². The zero-order valence-corrected chi connectivity index (χ0v) is 22.8. The average Bonchev–Trinajstić information content (AvgIpc) is 2.80. The molecule has 1 saturated carbocycles. The van der Waals surface area contributed by atoms with Crippen molar-refractivity contribution in [1.29, 1.82) is 0 Å². The maximum Gasteiger partial charge on any atom is 0.114 e. The van der Waals surface area contributed by atoms with Crippen LogP contribution in [-0.4, -0.2) is 96.8 Å². The van der Waals surface area contributed by atoms with Crippen LogP contribution in [0.3, 0.4) is 0 Å². The summed E-state index contributed by atoms with van der Waals surface area (Å²) in [4.78, 5) is 0. The van der Waals surface area contributed by atoms with Crippen LogP contribution in [0.1, 0.15) is 41.5 Å². The molecule has 170 valence electrons. The predicted octanol–water partition coefficient (Wildman–Crippen LogP) is 3.77. The van der Waals surface area contributed by atoms with Gasteiger partial charge in [-0.2, -0.15) is 0 Å². The van der Waals surface area contributed by atoms with E-state index in [-0.39, 0.29) is 5.82 Å². The molecule has 0 spiro atoms. The molecule has 6 atom stereocenters. The van der Waals surface area contributed by atoms with Crippen molar-refractivity contribution in [2.45, 2.75) is 70.5 Å². The van der Waals surface area contributed by atoms with Crippen molar-refractivity contribution >= 4 is 48.1 Å². The van der Waals surface area contributed by atoms with Gasteiger partial charge in [-0.1, -0.05) is 34.9 Å². The van der Waals surface area contributed by atoms with Crippen molar-refractivity contribution in [2.75, 3.05) is 36.7 Å². The van der Waals surface area contributed by atoms with Crippen LogP contribution < -0.4 is 0 Å². The lowest BCUT2D eigenvalue weighted by Crippen LogP contribution is -2.44. The van der Waals surface area contributed by atoms with Crippen LogP contribution in [0.25, 0.3) is 0 Å². The smallest absolute Gasteiger partial charge is 0.114 e. The molecule has 0 aliphatic heterocycles. The van der Waals surface area contributed by atoms with Gasteiger partial charge in [0.15, 0.2) is 0 Å². The molecule has 29 heavy (non-hydrogen) atoms. The van der Waals surface area contributed by atoms with Crippen molar-refractivity contribution in [3.63, 3.8) is 0 Å². The zero-order chi connectivity index (χ0) is 22.8. The van der Waals surface area contributed by atoms with Gasteiger partial charge in [0.1, 0.15) is 20.1 Å². The molecule has 0 aromatic rings. The van der Waals surface area contributed by atoms with Crippen molar-refractivity contribution in [1.82, 2.24) is 0 Å². The Balaban J connectivity index is 2.91. The number of hydrogen-bond donors (Lipinski definition) is 2. The van der Waals surface area contributed by atoms with E-state index in [1.165, 1.54) is 24.6 Å². The Kier molecular flexibility index (Phi) is 9.55. The number of rotatable bonds is 11. The van der Waals surface area contributed by atoms with Crippen molar-refractivity contribution in [3.8, 4) is 0 Å². The van der Waals surface area contributed by atoms with Crippen LogP contribution in [0.5, 0.6) is 0 Å². The van der Waals surface area contributed by atoms with Crippen LogP contribution in [0.2, 0.25) is 5.82 Å². The Labute approximate surface area is 182 Å². The van der Waals surface area contributed by atoms with Gasteiger partial charge >= 0.3 is 0 Å². The molecule has 0 radical (unpaired) electrons. The van der Waals surface area contributed by atoms with E-state index < -0.39 is 44.5 Å². The molecule has 0 bridgehead atoms. The maximum absolute atomic E-state index is 10.7. The van der Waals surface area contributed by atoms with E-state index in [4.69, 9.17) is 11.0 Å². The highest BCUT2D eigenvalue weighted by molar-refractivity contribution is 7.84. The predicted molar refractivity (Wildman–Crippen MR) is 147 cm³/mol. The van der Waals surface area contributed by atoms with Crippen LogP contribution in [0.4, 0.5) is 0 Å². The van der Waals surface area contributed by atoms with E-state index in [2.05, 4.69) is 53.8 Å². The Morgan fingerprint density at radius 1 is 1.14 bits per heavy atom. The summed E-state index contributed by atoms with van der Waals surface area (Å²) in [6.07, 6.45) is 18.4. The summed E-state index contributed by atoms with van der Waals surface area (Å²) in [6.45, 7) is 14.4.